The van der Waals surface area contributed by atoms with Gasteiger partial charge in [-0.3, -0.25) is 0 Å². The first-order valence-electron chi connectivity index (χ1n) is 6.11. The van der Waals surface area contributed by atoms with Gasteiger partial charge in [-0.1, -0.05) is 20.8 Å². The minimum absolute atomic E-state index is 0.00702. The van der Waals surface area contributed by atoms with Gasteiger partial charge < -0.3 is 15.6 Å². The molecule has 0 amide bonds. The Labute approximate surface area is 103 Å². The van der Waals surface area contributed by atoms with Gasteiger partial charge in [0.2, 0.25) is 0 Å². The number of aliphatic hydroxyl groups is 1. The fourth-order valence-corrected chi connectivity index (χ4v) is 2.05. The van der Waals surface area contributed by atoms with Crippen LogP contribution in [0.4, 0.5) is 5.69 Å². The lowest BCUT2D eigenvalue weighted by Gasteiger charge is -2.33. The van der Waals surface area contributed by atoms with Crippen LogP contribution in [0.3, 0.4) is 0 Å². The average Bonchev–Trinajstić information content (AvgIpc) is 2.16. The highest BCUT2D eigenvalue weighted by Gasteiger charge is 2.30. The average molecular weight is 235 g/mol. The summed E-state index contributed by atoms with van der Waals surface area (Å²) in [6.07, 6.45) is 1.42. The topological polar surface area (TPSA) is 55.5 Å². The van der Waals surface area contributed by atoms with E-state index in [0.29, 0.717) is 0 Å². The lowest BCUT2D eigenvalue weighted by atomic mass is 9.85. The molecule has 3 heteroatoms. The predicted octanol–water partition coefficient (Wildman–Crippen LogP) is 2.47. The Morgan fingerprint density at radius 3 is 2.47 bits per heavy atom. The summed E-state index contributed by atoms with van der Waals surface area (Å²) in [5.41, 5.74) is 7.72. The quantitative estimate of drug-likeness (QED) is 0.774. The molecule has 0 radical (unpaired) electrons. The third-order valence-corrected chi connectivity index (χ3v) is 3.18. The zero-order chi connectivity index (χ0) is 12.6. The lowest BCUT2D eigenvalue weighted by molar-refractivity contribution is -0.0115. The Bertz CT molecular complexity index is 403. The largest absolute Gasteiger partial charge is 0.490 e. The van der Waals surface area contributed by atoms with Gasteiger partial charge in [0.1, 0.15) is 11.9 Å². The summed E-state index contributed by atoms with van der Waals surface area (Å²) in [6, 6.07) is 5.77. The number of ether oxygens (including phenoxy) is 1. The molecule has 0 unspecified atom stereocenters. The first kappa shape index (κ1) is 12.2. The second kappa shape index (κ2) is 4.22. The summed E-state index contributed by atoms with van der Waals surface area (Å²) < 4.78 is 5.92. The van der Waals surface area contributed by atoms with Crippen LogP contribution < -0.4 is 10.5 Å². The van der Waals surface area contributed by atoms with Crippen molar-refractivity contribution in [3.05, 3.63) is 23.8 Å². The molecule has 2 rings (SSSR count). The van der Waals surface area contributed by atoms with Crippen molar-refractivity contribution < 1.29 is 9.84 Å². The monoisotopic (exact) mass is 235 g/mol. The summed E-state index contributed by atoms with van der Waals surface area (Å²) in [4.78, 5) is 0. The van der Waals surface area contributed by atoms with Gasteiger partial charge in [0.25, 0.3) is 0 Å². The maximum Gasteiger partial charge on any atom is 0.123 e. The SMILES string of the molecule is CC(C)(C)c1cc(N)ccc1O[C@H]1C[C@@H](O)C1. The van der Waals surface area contributed by atoms with Crippen molar-refractivity contribution in [2.75, 3.05) is 5.73 Å². The number of benzene rings is 1. The van der Waals surface area contributed by atoms with Crippen LogP contribution in [0, 0.1) is 0 Å². The molecule has 3 nitrogen and oxygen atoms in total. The molecular formula is C14H21NO2. The van der Waals surface area contributed by atoms with Crippen molar-refractivity contribution in [2.24, 2.45) is 0 Å². The van der Waals surface area contributed by atoms with E-state index in [1.807, 2.05) is 18.2 Å². The molecule has 0 spiro atoms. The van der Waals surface area contributed by atoms with Crippen LogP contribution >= 0.6 is 0 Å². The smallest absolute Gasteiger partial charge is 0.123 e. The molecule has 1 aromatic carbocycles. The van der Waals surface area contributed by atoms with Gasteiger partial charge >= 0.3 is 0 Å². The molecule has 1 aliphatic rings. The number of aliphatic hydroxyl groups excluding tert-OH is 1. The van der Waals surface area contributed by atoms with E-state index >= 15 is 0 Å². The van der Waals surface area contributed by atoms with Gasteiger partial charge in [-0.25, -0.2) is 0 Å². The molecular weight excluding hydrogens is 214 g/mol. The van der Waals surface area contributed by atoms with Crippen LogP contribution in [-0.4, -0.2) is 17.3 Å². The molecule has 0 bridgehead atoms. The summed E-state index contributed by atoms with van der Waals surface area (Å²) in [5, 5.41) is 9.27. The van der Waals surface area contributed by atoms with Crippen molar-refractivity contribution >= 4 is 5.69 Å². The molecule has 1 aliphatic carbocycles. The summed E-state index contributed by atoms with van der Waals surface area (Å²) in [5.74, 6) is 0.892. The molecule has 1 saturated carbocycles. The third-order valence-electron chi connectivity index (χ3n) is 3.18. The standard InChI is InChI=1S/C14H21NO2/c1-14(2,3)12-6-9(15)4-5-13(12)17-11-7-10(16)8-11/h4-6,10-11,16H,7-8,15H2,1-3H3/t10-,11+. The Morgan fingerprint density at radius 1 is 1.29 bits per heavy atom. The fraction of sp³-hybridized carbons (Fsp3) is 0.571. The second-order valence-corrected chi connectivity index (χ2v) is 5.87. The van der Waals surface area contributed by atoms with Crippen molar-refractivity contribution in [3.63, 3.8) is 0 Å². The highest BCUT2D eigenvalue weighted by atomic mass is 16.5. The molecule has 0 aromatic heterocycles. The molecule has 1 aromatic rings. The van der Waals surface area contributed by atoms with E-state index in [9.17, 15) is 5.11 Å². The predicted molar refractivity (Wildman–Crippen MR) is 69.2 cm³/mol. The molecule has 0 saturated heterocycles. The first-order valence-corrected chi connectivity index (χ1v) is 6.11. The zero-order valence-corrected chi connectivity index (χ0v) is 10.7. The van der Waals surface area contributed by atoms with Crippen LogP contribution in [0.1, 0.15) is 39.2 Å². The van der Waals surface area contributed by atoms with Crippen molar-refractivity contribution in [1.82, 2.24) is 0 Å². The molecule has 0 heterocycles. The number of anilines is 1. The molecule has 1 fully saturated rings. The van der Waals surface area contributed by atoms with Crippen LogP contribution in [0.2, 0.25) is 0 Å². The highest BCUT2D eigenvalue weighted by molar-refractivity contribution is 5.50. The van der Waals surface area contributed by atoms with Gasteiger partial charge in [-0.15, -0.1) is 0 Å². The van der Waals surface area contributed by atoms with Crippen LogP contribution in [0.25, 0.3) is 0 Å². The fourth-order valence-electron chi connectivity index (χ4n) is 2.05. The zero-order valence-electron chi connectivity index (χ0n) is 10.7. The van der Waals surface area contributed by atoms with Crippen molar-refractivity contribution in [3.8, 4) is 5.75 Å². The van der Waals surface area contributed by atoms with E-state index in [-0.39, 0.29) is 17.6 Å². The molecule has 17 heavy (non-hydrogen) atoms. The Hall–Kier alpha value is -1.22. The summed E-state index contributed by atoms with van der Waals surface area (Å²) in [6.45, 7) is 6.43. The van der Waals surface area contributed by atoms with Gasteiger partial charge in [0, 0.05) is 24.1 Å². The minimum Gasteiger partial charge on any atom is -0.490 e. The maximum absolute atomic E-state index is 9.27. The van der Waals surface area contributed by atoms with Crippen LogP contribution in [0.15, 0.2) is 18.2 Å². The highest BCUT2D eigenvalue weighted by Crippen LogP contribution is 2.35. The van der Waals surface area contributed by atoms with Crippen LogP contribution in [0.5, 0.6) is 5.75 Å². The second-order valence-electron chi connectivity index (χ2n) is 5.87. The molecule has 94 valence electrons. The third kappa shape index (κ3) is 2.72. The lowest BCUT2D eigenvalue weighted by Crippen LogP contribution is -2.38. The normalized spacial score (nSPS) is 24.2. The van der Waals surface area contributed by atoms with Gasteiger partial charge in [0.05, 0.1) is 6.10 Å². The van der Waals surface area contributed by atoms with Gasteiger partial charge in [0.15, 0.2) is 0 Å². The van der Waals surface area contributed by atoms with Crippen molar-refractivity contribution in [1.29, 1.82) is 0 Å². The van der Waals surface area contributed by atoms with Crippen molar-refractivity contribution in [2.45, 2.75) is 51.2 Å². The molecule has 0 atom stereocenters. The van der Waals surface area contributed by atoms with Crippen LogP contribution in [-0.2, 0) is 5.41 Å². The van der Waals surface area contributed by atoms with E-state index in [1.54, 1.807) is 0 Å². The summed E-state index contributed by atoms with van der Waals surface area (Å²) >= 11 is 0. The summed E-state index contributed by atoms with van der Waals surface area (Å²) in [7, 11) is 0. The number of hydrogen-bond acceptors (Lipinski definition) is 3. The Morgan fingerprint density at radius 2 is 1.94 bits per heavy atom. The Balaban J connectivity index is 2.21. The maximum atomic E-state index is 9.27. The number of rotatable bonds is 2. The first-order chi connectivity index (χ1) is 7.86. The number of hydrogen-bond donors (Lipinski definition) is 2. The van der Waals surface area contributed by atoms with E-state index in [1.165, 1.54) is 0 Å². The van der Waals surface area contributed by atoms with Gasteiger partial charge in [-0.2, -0.15) is 0 Å². The van der Waals surface area contributed by atoms with E-state index in [2.05, 4.69) is 20.8 Å². The van der Waals surface area contributed by atoms with E-state index in [0.717, 1.165) is 29.8 Å². The molecule has 3 N–H and O–H groups in total. The minimum atomic E-state index is -0.188. The Kier molecular flexibility index (Phi) is 3.04. The van der Waals surface area contributed by atoms with E-state index < -0.39 is 0 Å². The van der Waals surface area contributed by atoms with Gasteiger partial charge in [-0.05, 0) is 23.6 Å². The van der Waals surface area contributed by atoms with E-state index in [4.69, 9.17) is 10.5 Å². The molecule has 0 aliphatic heterocycles. The number of nitrogen functional groups attached to an aromatic ring is 1. The number of nitrogens with two attached hydrogens (primary N) is 1.